The van der Waals surface area contributed by atoms with Crippen LogP contribution in [-0.2, 0) is 0 Å². The van der Waals surface area contributed by atoms with Gasteiger partial charge in [0.05, 0.1) is 11.1 Å². The molecule has 0 atom stereocenters. The predicted octanol–water partition coefficient (Wildman–Crippen LogP) is 7.47. The summed E-state index contributed by atoms with van der Waals surface area (Å²) in [5.74, 6) is 0. The monoisotopic (exact) mass is 386 g/mol. The number of halogens is 5. The van der Waals surface area contributed by atoms with E-state index in [0.717, 1.165) is 0 Å². The summed E-state index contributed by atoms with van der Waals surface area (Å²) in [5.41, 5.74) is -2.49. The number of rotatable bonds is 4. The fourth-order valence-corrected chi connectivity index (χ4v) is 3.03. The third-order valence-electron chi connectivity index (χ3n) is 4.16. The van der Waals surface area contributed by atoms with Gasteiger partial charge in [0.25, 0.3) is 6.08 Å². The maximum atomic E-state index is 14.2. The van der Waals surface area contributed by atoms with Crippen LogP contribution in [0.2, 0.25) is 0 Å². The van der Waals surface area contributed by atoms with Crippen LogP contribution in [-0.4, -0.2) is 6.18 Å². The van der Waals surface area contributed by atoms with Crippen LogP contribution in [0.3, 0.4) is 0 Å². The second-order valence-electron chi connectivity index (χ2n) is 5.98. The standard InChI is InChI=1S/C23H15F5/c24-22(25)20(17-12-6-2-7-13-17)19(16-10-4-1-5-11-16)21(23(26,27)28)18-14-8-3-9-15-18/h1-15H/b21-19+. The molecule has 0 radical (unpaired) electrons. The summed E-state index contributed by atoms with van der Waals surface area (Å²) in [7, 11) is 0. The first kappa shape index (κ1) is 19.5. The lowest BCUT2D eigenvalue weighted by atomic mass is 9.86. The minimum atomic E-state index is -4.85. The van der Waals surface area contributed by atoms with Crippen LogP contribution in [0.25, 0.3) is 16.7 Å². The van der Waals surface area contributed by atoms with Gasteiger partial charge in [-0.25, -0.2) is 0 Å². The predicted molar refractivity (Wildman–Crippen MR) is 101 cm³/mol. The van der Waals surface area contributed by atoms with E-state index in [0.29, 0.717) is 0 Å². The van der Waals surface area contributed by atoms with Gasteiger partial charge in [-0.3, -0.25) is 0 Å². The highest BCUT2D eigenvalue weighted by Gasteiger charge is 2.39. The van der Waals surface area contributed by atoms with Crippen LogP contribution in [0.4, 0.5) is 22.0 Å². The van der Waals surface area contributed by atoms with Gasteiger partial charge in [-0.05, 0) is 16.7 Å². The van der Waals surface area contributed by atoms with E-state index < -0.39 is 29.0 Å². The summed E-state index contributed by atoms with van der Waals surface area (Å²) in [6.45, 7) is 0. The molecule has 0 unspecified atom stereocenters. The van der Waals surface area contributed by atoms with E-state index in [-0.39, 0.29) is 16.7 Å². The van der Waals surface area contributed by atoms with Crippen molar-refractivity contribution in [3.8, 4) is 0 Å². The average molecular weight is 386 g/mol. The largest absolute Gasteiger partial charge is 0.417 e. The molecule has 0 nitrogen and oxygen atoms in total. The summed E-state index contributed by atoms with van der Waals surface area (Å²) in [4.78, 5) is 0. The van der Waals surface area contributed by atoms with Crippen LogP contribution < -0.4 is 0 Å². The van der Waals surface area contributed by atoms with Gasteiger partial charge in [0.1, 0.15) is 0 Å². The molecule has 5 heteroatoms. The van der Waals surface area contributed by atoms with E-state index in [2.05, 4.69) is 0 Å². The van der Waals surface area contributed by atoms with Crippen LogP contribution in [0, 0.1) is 0 Å². The Morgan fingerprint density at radius 1 is 0.500 bits per heavy atom. The van der Waals surface area contributed by atoms with E-state index in [4.69, 9.17) is 0 Å². The minimum Gasteiger partial charge on any atom is -0.173 e. The van der Waals surface area contributed by atoms with Gasteiger partial charge >= 0.3 is 6.18 Å². The first-order chi connectivity index (χ1) is 13.4. The van der Waals surface area contributed by atoms with E-state index in [9.17, 15) is 22.0 Å². The minimum absolute atomic E-state index is 0.0130. The van der Waals surface area contributed by atoms with E-state index in [1.807, 2.05) is 0 Å². The molecule has 0 aliphatic rings. The molecule has 3 aromatic rings. The normalized spacial score (nSPS) is 12.3. The Labute approximate surface area is 159 Å². The topological polar surface area (TPSA) is 0 Å². The Balaban J connectivity index is 2.46. The van der Waals surface area contributed by atoms with Crippen molar-refractivity contribution in [2.24, 2.45) is 0 Å². The van der Waals surface area contributed by atoms with Gasteiger partial charge in [-0.2, -0.15) is 22.0 Å². The summed E-state index contributed by atoms with van der Waals surface area (Å²) < 4.78 is 70.6. The summed E-state index contributed by atoms with van der Waals surface area (Å²) in [6.07, 6.45) is -7.02. The zero-order chi connectivity index (χ0) is 20.1. The number of hydrogen-bond donors (Lipinski definition) is 0. The molecule has 3 aromatic carbocycles. The highest BCUT2D eigenvalue weighted by molar-refractivity contribution is 6.15. The van der Waals surface area contributed by atoms with E-state index in [1.165, 1.54) is 72.8 Å². The van der Waals surface area contributed by atoms with Crippen LogP contribution in [0.5, 0.6) is 0 Å². The maximum Gasteiger partial charge on any atom is 0.417 e. The molecule has 3 rings (SSSR count). The highest BCUT2D eigenvalue weighted by atomic mass is 19.4. The van der Waals surface area contributed by atoms with Crippen molar-refractivity contribution in [1.29, 1.82) is 0 Å². The Kier molecular flexibility index (Phi) is 5.73. The zero-order valence-electron chi connectivity index (χ0n) is 14.6. The lowest BCUT2D eigenvalue weighted by molar-refractivity contribution is -0.0684. The van der Waals surface area contributed by atoms with Gasteiger partial charge in [0, 0.05) is 5.57 Å². The van der Waals surface area contributed by atoms with Crippen molar-refractivity contribution >= 4 is 16.7 Å². The van der Waals surface area contributed by atoms with Crippen molar-refractivity contribution in [3.05, 3.63) is 114 Å². The van der Waals surface area contributed by atoms with Gasteiger partial charge in [0.15, 0.2) is 0 Å². The van der Waals surface area contributed by atoms with Crippen molar-refractivity contribution in [2.75, 3.05) is 0 Å². The van der Waals surface area contributed by atoms with Crippen molar-refractivity contribution < 1.29 is 22.0 Å². The number of allylic oxidation sites excluding steroid dienone is 3. The molecule has 142 valence electrons. The Bertz CT molecular complexity index is 981. The molecular formula is C23H15F5. The molecule has 0 aliphatic heterocycles. The smallest absolute Gasteiger partial charge is 0.173 e. The number of benzene rings is 3. The molecule has 0 spiro atoms. The zero-order valence-corrected chi connectivity index (χ0v) is 14.6. The Hall–Kier alpha value is -3.21. The van der Waals surface area contributed by atoms with Crippen molar-refractivity contribution in [1.82, 2.24) is 0 Å². The Morgan fingerprint density at radius 3 is 1.21 bits per heavy atom. The van der Waals surface area contributed by atoms with Crippen molar-refractivity contribution in [3.63, 3.8) is 0 Å². The fourth-order valence-electron chi connectivity index (χ4n) is 3.03. The van der Waals surface area contributed by atoms with Gasteiger partial charge in [-0.15, -0.1) is 0 Å². The highest BCUT2D eigenvalue weighted by Crippen LogP contribution is 2.46. The van der Waals surface area contributed by atoms with Gasteiger partial charge < -0.3 is 0 Å². The fraction of sp³-hybridized carbons (Fsp3) is 0.0435. The molecule has 0 saturated heterocycles. The Morgan fingerprint density at radius 2 is 0.857 bits per heavy atom. The second-order valence-corrected chi connectivity index (χ2v) is 5.98. The summed E-state index contributed by atoms with van der Waals surface area (Å²) in [6, 6.07) is 21.8. The SMILES string of the molecule is FC(F)=C(/C(=C(\c1ccccc1)C(F)(F)F)c1ccccc1)c1ccccc1. The van der Waals surface area contributed by atoms with E-state index >= 15 is 0 Å². The lowest BCUT2D eigenvalue weighted by Crippen LogP contribution is -2.14. The first-order valence-corrected chi connectivity index (χ1v) is 8.43. The van der Waals surface area contributed by atoms with Crippen LogP contribution >= 0.6 is 0 Å². The molecule has 0 saturated carbocycles. The maximum absolute atomic E-state index is 14.2. The van der Waals surface area contributed by atoms with Gasteiger partial charge in [0.2, 0.25) is 0 Å². The third kappa shape index (κ3) is 4.19. The summed E-state index contributed by atoms with van der Waals surface area (Å²) in [5, 5.41) is 0. The van der Waals surface area contributed by atoms with Crippen LogP contribution in [0.1, 0.15) is 16.7 Å². The molecule has 0 N–H and O–H groups in total. The lowest BCUT2D eigenvalue weighted by Gasteiger charge is -2.21. The second kappa shape index (κ2) is 8.21. The molecule has 0 aromatic heterocycles. The summed E-state index contributed by atoms with van der Waals surface area (Å²) >= 11 is 0. The quantitative estimate of drug-likeness (QED) is 0.248. The molecular weight excluding hydrogens is 371 g/mol. The van der Waals surface area contributed by atoms with Crippen LogP contribution in [0.15, 0.2) is 97.1 Å². The van der Waals surface area contributed by atoms with Crippen molar-refractivity contribution in [2.45, 2.75) is 6.18 Å². The molecule has 0 aliphatic carbocycles. The molecule has 28 heavy (non-hydrogen) atoms. The number of alkyl halides is 3. The third-order valence-corrected chi connectivity index (χ3v) is 4.16. The van der Waals surface area contributed by atoms with Gasteiger partial charge in [-0.1, -0.05) is 91.0 Å². The average Bonchev–Trinajstić information content (AvgIpc) is 2.68. The molecule has 0 fully saturated rings. The first-order valence-electron chi connectivity index (χ1n) is 8.43. The molecule has 0 bridgehead atoms. The molecule has 0 heterocycles. The molecule has 0 amide bonds. The van der Waals surface area contributed by atoms with E-state index in [1.54, 1.807) is 18.2 Å². The number of hydrogen-bond acceptors (Lipinski definition) is 0.